The van der Waals surface area contributed by atoms with Crippen molar-refractivity contribution >= 4 is 11.7 Å². The molecule has 0 radical (unpaired) electrons. The Hall–Kier alpha value is -2.23. The van der Waals surface area contributed by atoms with Gasteiger partial charge in [-0.25, -0.2) is 9.97 Å². The largest absolute Gasteiger partial charge is 0.310 e. The number of hydrogen-bond donors (Lipinski definition) is 1. The molecule has 4 nitrogen and oxygen atoms in total. The molecule has 0 saturated heterocycles. The summed E-state index contributed by atoms with van der Waals surface area (Å²) in [5.74, 6) is 1.89. The molecule has 1 N–H and O–H groups in total. The first-order valence-electron chi connectivity index (χ1n) is 7.39. The second kappa shape index (κ2) is 6.04. The Balaban J connectivity index is 1.59. The summed E-state index contributed by atoms with van der Waals surface area (Å²) in [6.07, 6.45) is 5.95. The summed E-state index contributed by atoms with van der Waals surface area (Å²) < 4.78 is 0. The van der Waals surface area contributed by atoms with Crippen LogP contribution in [0.1, 0.15) is 42.1 Å². The maximum atomic E-state index is 12.0. The van der Waals surface area contributed by atoms with Crippen LogP contribution in [-0.2, 0) is 11.2 Å². The third kappa shape index (κ3) is 3.45. The summed E-state index contributed by atoms with van der Waals surface area (Å²) in [4.78, 5) is 20.2. The molecule has 1 saturated carbocycles. The highest BCUT2D eigenvalue weighted by atomic mass is 16.1. The Kier molecular flexibility index (Phi) is 3.95. The summed E-state index contributed by atoms with van der Waals surface area (Å²) in [7, 11) is 0. The van der Waals surface area contributed by atoms with Crippen LogP contribution in [0.2, 0.25) is 0 Å². The molecule has 0 spiro atoms. The first-order valence-corrected chi connectivity index (χ1v) is 7.39. The van der Waals surface area contributed by atoms with Gasteiger partial charge < -0.3 is 5.32 Å². The van der Waals surface area contributed by atoms with Crippen LogP contribution >= 0.6 is 0 Å². The van der Waals surface area contributed by atoms with Crippen molar-refractivity contribution in [3.63, 3.8) is 0 Å². The fourth-order valence-electron chi connectivity index (χ4n) is 2.55. The Morgan fingerprint density at radius 3 is 2.62 bits per heavy atom. The quantitative estimate of drug-likeness (QED) is 0.936. The number of carbonyl (C=O) groups is 1. The highest BCUT2D eigenvalue weighted by Crippen LogP contribution is 2.36. The summed E-state index contributed by atoms with van der Waals surface area (Å²) >= 11 is 0. The van der Waals surface area contributed by atoms with E-state index in [1.54, 1.807) is 19.2 Å². The van der Waals surface area contributed by atoms with Gasteiger partial charge >= 0.3 is 0 Å². The number of anilines is 1. The van der Waals surface area contributed by atoms with E-state index in [1.165, 1.54) is 24.8 Å². The van der Waals surface area contributed by atoms with Gasteiger partial charge in [-0.2, -0.15) is 0 Å². The molecule has 0 unspecified atom stereocenters. The maximum Gasteiger partial charge on any atom is 0.229 e. The monoisotopic (exact) mass is 281 g/mol. The Labute approximate surface area is 124 Å². The lowest BCUT2D eigenvalue weighted by atomic mass is 9.80. The molecule has 108 valence electrons. The highest BCUT2D eigenvalue weighted by Gasteiger charge is 2.19. The van der Waals surface area contributed by atoms with Crippen LogP contribution in [0.15, 0.2) is 36.5 Å². The van der Waals surface area contributed by atoms with Crippen LogP contribution < -0.4 is 5.32 Å². The van der Waals surface area contributed by atoms with E-state index in [9.17, 15) is 4.79 Å². The lowest BCUT2D eigenvalue weighted by Crippen LogP contribution is -2.16. The number of aromatic nitrogens is 2. The number of hydrogen-bond acceptors (Lipinski definition) is 3. The van der Waals surface area contributed by atoms with Crippen molar-refractivity contribution in [2.45, 2.75) is 38.5 Å². The second-order valence-electron chi connectivity index (χ2n) is 5.58. The van der Waals surface area contributed by atoms with Gasteiger partial charge in [-0.05, 0) is 42.9 Å². The Morgan fingerprint density at radius 2 is 2.00 bits per heavy atom. The van der Waals surface area contributed by atoms with Crippen LogP contribution in [0.3, 0.4) is 0 Å². The van der Waals surface area contributed by atoms with Gasteiger partial charge in [0, 0.05) is 6.20 Å². The molecule has 3 rings (SSSR count). The van der Waals surface area contributed by atoms with Gasteiger partial charge in [0.15, 0.2) is 0 Å². The van der Waals surface area contributed by atoms with Gasteiger partial charge in [-0.15, -0.1) is 0 Å². The third-order valence-corrected chi connectivity index (χ3v) is 3.96. The van der Waals surface area contributed by atoms with Crippen molar-refractivity contribution in [1.82, 2.24) is 9.97 Å². The van der Waals surface area contributed by atoms with Crippen LogP contribution in [0.25, 0.3) is 0 Å². The molecule has 0 bridgehead atoms. The smallest absolute Gasteiger partial charge is 0.229 e. The van der Waals surface area contributed by atoms with Crippen LogP contribution in [0, 0.1) is 6.92 Å². The standard InChI is InChI=1S/C17H19N3O/c1-12-18-10-9-16(19-12)20-17(21)11-13-5-7-15(8-6-13)14-3-2-4-14/h5-10,14H,2-4,11H2,1H3,(H,18,19,20,21). The maximum absolute atomic E-state index is 12.0. The molecule has 4 heteroatoms. The molecular formula is C17H19N3O. The molecule has 1 heterocycles. The van der Waals surface area contributed by atoms with E-state index in [0.29, 0.717) is 18.1 Å². The number of rotatable bonds is 4. The zero-order valence-electron chi connectivity index (χ0n) is 12.2. The van der Waals surface area contributed by atoms with Crippen molar-refractivity contribution in [2.24, 2.45) is 0 Å². The average molecular weight is 281 g/mol. The topological polar surface area (TPSA) is 54.9 Å². The minimum absolute atomic E-state index is 0.0514. The molecule has 2 aromatic rings. The summed E-state index contributed by atoms with van der Waals surface area (Å²) in [5.41, 5.74) is 2.43. The van der Waals surface area contributed by atoms with E-state index >= 15 is 0 Å². The van der Waals surface area contributed by atoms with Gasteiger partial charge in [0.05, 0.1) is 6.42 Å². The van der Waals surface area contributed by atoms with Crippen molar-refractivity contribution in [3.8, 4) is 0 Å². The van der Waals surface area contributed by atoms with E-state index in [0.717, 1.165) is 11.5 Å². The molecule has 1 aliphatic carbocycles. The van der Waals surface area contributed by atoms with Gasteiger partial charge in [0.25, 0.3) is 0 Å². The first kappa shape index (κ1) is 13.7. The molecular weight excluding hydrogens is 262 g/mol. The minimum atomic E-state index is -0.0514. The molecule has 0 atom stereocenters. The van der Waals surface area contributed by atoms with Crippen molar-refractivity contribution in [2.75, 3.05) is 5.32 Å². The third-order valence-electron chi connectivity index (χ3n) is 3.96. The number of aryl methyl sites for hydroxylation is 1. The van der Waals surface area contributed by atoms with Crippen LogP contribution in [0.5, 0.6) is 0 Å². The zero-order chi connectivity index (χ0) is 14.7. The molecule has 1 fully saturated rings. The predicted molar refractivity (Wildman–Crippen MR) is 82.1 cm³/mol. The second-order valence-corrected chi connectivity index (χ2v) is 5.58. The molecule has 0 aliphatic heterocycles. The lowest BCUT2D eigenvalue weighted by molar-refractivity contribution is -0.115. The average Bonchev–Trinajstić information content (AvgIpc) is 2.39. The molecule has 1 aromatic heterocycles. The fraction of sp³-hybridized carbons (Fsp3) is 0.353. The normalized spacial score (nSPS) is 14.5. The molecule has 1 amide bonds. The Morgan fingerprint density at radius 1 is 1.24 bits per heavy atom. The summed E-state index contributed by atoms with van der Waals surface area (Å²) in [5, 5.41) is 2.80. The Bertz CT molecular complexity index is 633. The number of carbonyl (C=O) groups excluding carboxylic acids is 1. The van der Waals surface area contributed by atoms with E-state index < -0.39 is 0 Å². The first-order chi connectivity index (χ1) is 10.2. The van der Waals surface area contributed by atoms with Gasteiger partial charge in [0.2, 0.25) is 5.91 Å². The summed E-state index contributed by atoms with van der Waals surface area (Å²) in [6, 6.07) is 10.1. The lowest BCUT2D eigenvalue weighted by Gasteiger charge is -2.25. The molecule has 1 aliphatic rings. The van der Waals surface area contributed by atoms with Gasteiger partial charge in [-0.1, -0.05) is 30.7 Å². The number of nitrogens with zero attached hydrogens (tertiary/aromatic N) is 2. The minimum Gasteiger partial charge on any atom is -0.310 e. The van der Waals surface area contributed by atoms with E-state index in [4.69, 9.17) is 0 Å². The van der Waals surface area contributed by atoms with E-state index in [2.05, 4.69) is 39.6 Å². The predicted octanol–water partition coefficient (Wildman–Crippen LogP) is 3.23. The van der Waals surface area contributed by atoms with Crippen molar-refractivity contribution < 1.29 is 4.79 Å². The zero-order valence-corrected chi connectivity index (χ0v) is 12.2. The molecule has 21 heavy (non-hydrogen) atoms. The van der Waals surface area contributed by atoms with Crippen molar-refractivity contribution in [3.05, 3.63) is 53.5 Å². The van der Waals surface area contributed by atoms with Crippen LogP contribution in [0.4, 0.5) is 5.82 Å². The van der Waals surface area contributed by atoms with E-state index in [-0.39, 0.29) is 5.91 Å². The molecule has 1 aromatic carbocycles. The number of nitrogens with one attached hydrogen (secondary N) is 1. The van der Waals surface area contributed by atoms with Gasteiger partial charge in [-0.3, -0.25) is 4.79 Å². The SMILES string of the molecule is Cc1nccc(NC(=O)Cc2ccc(C3CCC3)cc2)n1. The number of benzene rings is 1. The van der Waals surface area contributed by atoms with E-state index in [1.807, 2.05) is 0 Å². The van der Waals surface area contributed by atoms with Crippen LogP contribution in [-0.4, -0.2) is 15.9 Å². The number of amides is 1. The van der Waals surface area contributed by atoms with Gasteiger partial charge in [0.1, 0.15) is 11.6 Å². The van der Waals surface area contributed by atoms with Crippen molar-refractivity contribution in [1.29, 1.82) is 0 Å². The fourth-order valence-corrected chi connectivity index (χ4v) is 2.55. The highest BCUT2D eigenvalue weighted by molar-refractivity contribution is 5.91. The summed E-state index contributed by atoms with van der Waals surface area (Å²) in [6.45, 7) is 1.80.